The highest BCUT2D eigenvalue weighted by Gasteiger charge is 2.35. The van der Waals surface area contributed by atoms with E-state index in [1.807, 2.05) is 30.3 Å². The maximum atomic E-state index is 12.2. The highest BCUT2D eigenvalue weighted by molar-refractivity contribution is 6.01. The van der Waals surface area contributed by atoms with Gasteiger partial charge in [0.2, 0.25) is 5.91 Å². The van der Waals surface area contributed by atoms with E-state index in [1.54, 1.807) is 4.90 Å². The summed E-state index contributed by atoms with van der Waals surface area (Å²) in [7, 11) is 0. The van der Waals surface area contributed by atoms with Crippen LogP contribution >= 0.6 is 0 Å². The molecule has 1 heterocycles. The molecule has 0 unspecified atom stereocenters. The number of aliphatic imine (C=N–C) groups is 1. The lowest BCUT2D eigenvalue weighted by Crippen LogP contribution is -2.47. The van der Waals surface area contributed by atoms with E-state index in [-0.39, 0.29) is 17.9 Å². The van der Waals surface area contributed by atoms with Crippen molar-refractivity contribution in [3.05, 3.63) is 35.9 Å². The van der Waals surface area contributed by atoms with Crippen LogP contribution in [-0.2, 0) is 11.3 Å². The van der Waals surface area contributed by atoms with Crippen LogP contribution in [0.4, 0.5) is 0 Å². The number of amides is 1. The van der Waals surface area contributed by atoms with Crippen LogP contribution < -0.4 is 0 Å². The Bertz CT molecular complexity index is 494. The van der Waals surface area contributed by atoms with E-state index < -0.39 is 0 Å². The molecule has 20 heavy (non-hydrogen) atoms. The Morgan fingerprint density at radius 1 is 1.25 bits per heavy atom. The normalized spacial score (nSPS) is 20.4. The van der Waals surface area contributed by atoms with Crippen LogP contribution in [0.15, 0.2) is 35.3 Å². The maximum Gasteiger partial charge on any atom is 0.228 e. The predicted octanol–water partition coefficient (Wildman–Crippen LogP) is 2.23. The van der Waals surface area contributed by atoms with Gasteiger partial charge in [0.25, 0.3) is 0 Å². The molecule has 1 saturated heterocycles. The highest BCUT2D eigenvalue weighted by Crippen LogP contribution is 2.32. The van der Waals surface area contributed by atoms with Gasteiger partial charge in [-0.25, -0.2) is 0 Å². The fourth-order valence-electron chi connectivity index (χ4n) is 2.50. The summed E-state index contributed by atoms with van der Waals surface area (Å²) in [6.45, 7) is 5.04. The minimum Gasteiger partial charge on any atom is -0.395 e. The molecule has 0 aromatic heterocycles. The highest BCUT2D eigenvalue weighted by atomic mass is 16.3. The molecule has 1 N–H and O–H groups in total. The topological polar surface area (TPSA) is 52.9 Å². The van der Waals surface area contributed by atoms with Gasteiger partial charge in [-0.1, -0.05) is 44.2 Å². The van der Waals surface area contributed by atoms with Gasteiger partial charge in [-0.2, -0.15) is 0 Å². The number of likely N-dealkylation sites (tertiary alicyclic amines) is 1. The molecule has 4 heteroatoms. The number of hydrogen-bond donors (Lipinski definition) is 1. The zero-order valence-electron chi connectivity index (χ0n) is 12.2. The first-order chi connectivity index (χ1) is 9.52. The molecule has 108 valence electrons. The van der Waals surface area contributed by atoms with Crippen LogP contribution in [-0.4, -0.2) is 34.9 Å². The van der Waals surface area contributed by atoms with E-state index in [9.17, 15) is 4.79 Å². The molecule has 0 aliphatic carbocycles. The quantitative estimate of drug-likeness (QED) is 0.915. The lowest BCUT2D eigenvalue weighted by Gasteiger charge is -2.37. The Morgan fingerprint density at radius 2 is 1.95 bits per heavy atom. The summed E-state index contributed by atoms with van der Waals surface area (Å²) in [6.07, 6.45) is 1.28. The van der Waals surface area contributed by atoms with Crippen molar-refractivity contribution < 1.29 is 9.90 Å². The number of nitrogens with zero attached hydrogens (tertiary/aromatic N) is 2. The molecule has 4 nitrogen and oxygen atoms in total. The first-order valence-electron chi connectivity index (χ1n) is 7.00. The summed E-state index contributed by atoms with van der Waals surface area (Å²) in [5.41, 5.74) is 1.07. The number of benzene rings is 1. The summed E-state index contributed by atoms with van der Waals surface area (Å²) in [5.74, 6) is 0.853. The van der Waals surface area contributed by atoms with Crippen molar-refractivity contribution in [1.82, 2.24) is 4.90 Å². The number of rotatable bonds is 4. The van der Waals surface area contributed by atoms with Gasteiger partial charge in [0.15, 0.2) is 0 Å². The first-order valence-corrected chi connectivity index (χ1v) is 7.00. The molecule has 0 bridgehead atoms. The molecular formula is C16H22N2O2. The zero-order chi connectivity index (χ0) is 14.6. The third kappa shape index (κ3) is 3.67. The molecule has 2 rings (SSSR count). The van der Waals surface area contributed by atoms with Crippen molar-refractivity contribution in [1.29, 1.82) is 0 Å². The van der Waals surface area contributed by atoms with E-state index in [0.717, 1.165) is 17.8 Å². The summed E-state index contributed by atoms with van der Waals surface area (Å²) >= 11 is 0. The summed E-state index contributed by atoms with van der Waals surface area (Å²) in [4.78, 5) is 18.4. The minimum atomic E-state index is -0.0570. The van der Waals surface area contributed by atoms with Crippen molar-refractivity contribution in [2.24, 2.45) is 10.4 Å². The fraction of sp³-hybridized carbons (Fsp3) is 0.500. The molecule has 0 radical (unpaired) electrons. The SMILES string of the molecule is CC1(C)CC(=O)N(CCO)C(=NCc2ccccc2)C1. The Balaban J connectivity index is 2.17. The molecule has 1 amide bonds. The summed E-state index contributed by atoms with van der Waals surface area (Å²) < 4.78 is 0. The average molecular weight is 274 g/mol. The number of aliphatic hydroxyl groups is 1. The number of carbonyl (C=O) groups excluding carboxylic acids is 1. The largest absolute Gasteiger partial charge is 0.395 e. The zero-order valence-corrected chi connectivity index (χ0v) is 12.2. The monoisotopic (exact) mass is 274 g/mol. The van der Waals surface area contributed by atoms with E-state index in [2.05, 4.69) is 18.8 Å². The Labute approximate surface area is 120 Å². The molecule has 0 atom stereocenters. The second-order valence-corrected chi connectivity index (χ2v) is 6.00. The second kappa shape index (κ2) is 6.18. The fourth-order valence-corrected chi connectivity index (χ4v) is 2.50. The van der Waals surface area contributed by atoms with Gasteiger partial charge in [0.05, 0.1) is 19.7 Å². The van der Waals surface area contributed by atoms with E-state index in [0.29, 0.717) is 19.5 Å². The minimum absolute atomic E-state index is 0.0312. The first kappa shape index (κ1) is 14.7. The van der Waals surface area contributed by atoms with Crippen LogP contribution in [0.2, 0.25) is 0 Å². The van der Waals surface area contributed by atoms with Crippen LogP contribution in [0.25, 0.3) is 0 Å². The van der Waals surface area contributed by atoms with Gasteiger partial charge >= 0.3 is 0 Å². The Hall–Kier alpha value is -1.68. The molecule has 1 aromatic carbocycles. The van der Waals surface area contributed by atoms with E-state index in [1.165, 1.54) is 0 Å². The molecule has 1 aliphatic rings. The van der Waals surface area contributed by atoms with Gasteiger partial charge in [-0.3, -0.25) is 14.7 Å². The van der Waals surface area contributed by atoms with Gasteiger partial charge in [-0.15, -0.1) is 0 Å². The van der Waals surface area contributed by atoms with Gasteiger partial charge in [0, 0.05) is 12.8 Å². The lowest BCUT2D eigenvalue weighted by molar-refractivity contribution is -0.131. The van der Waals surface area contributed by atoms with Crippen molar-refractivity contribution in [3.63, 3.8) is 0 Å². The predicted molar refractivity (Wildman–Crippen MR) is 79.4 cm³/mol. The third-order valence-corrected chi connectivity index (χ3v) is 3.49. The van der Waals surface area contributed by atoms with Gasteiger partial charge < -0.3 is 5.11 Å². The molecular weight excluding hydrogens is 252 g/mol. The molecule has 0 saturated carbocycles. The number of amidine groups is 1. The standard InChI is InChI=1S/C16H22N2O2/c1-16(2)10-14(18(8-9-19)15(20)11-16)17-12-13-6-4-3-5-7-13/h3-7,19H,8-12H2,1-2H3. The second-order valence-electron chi connectivity index (χ2n) is 6.00. The van der Waals surface area contributed by atoms with Crippen LogP contribution in [0, 0.1) is 5.41 Å². The number of carbonyl (C=O) groups is 1. The number of β-amino-alcohol motifs (C(OH)–C–C–N with tert-alkyl or cyclic N) is 1. The molecule has 0 spiro atoms. The van der Waals surface area contributed by atoms with Gasteiger partial charge in [0.1, 0.15) is 5.84 Å². The smallest absolute Gasteiger partial charge is 0.228 e. The van der Waals surface area contributed by atoms with Gasteiger partial charge in [-0.05, 0) is 11.0 Å². The van der Waals surface area contributed by atoms with Crippen LogP contribution in [0.5, 0.6) is 0 Å². The molecule has 1 aromatic rings. The third-order valence-electron chi connectivity index (χ3n) is 3.49. The Morgan fingerprint density at radius 3 is 2.60 bits per heavy atom. The van der Waals surface area contributed by atoms with Crippen molar-refractivity contribution in [2.45, 2.75) is 33.2 Å². The summed E-state index contributed by atoms with van der Waals surface area (Å²) in [5, 5.41) is 9.12. The van der Waals surface area contributed by atoms with Crippen molar-refractivity contribution >= 4 is 11.7 Å². The van der Waals surface area contributed by atoms with Crippen LogP contribution in [0.3, 0.4) is 0 Å². The lowest BCUT2D eigenvalue weighted by atomic mass is 9.81. The Kier molecular flexibility index (Phi) is 4.55. The van der Waals surface area contributed by atoms with Crippen LogP contribution in [0.1, 0.15) is 32.3 Å². The van der Waals surface area contributed by atoms with E-state index >= 15 is 0 Å². The molecule has 1 fully saturated rings. The maximum absolute atomic E-state index is 12.2. The number of hydrogen-bond acceptors (Lipinski definition) is 3. The van der Waals surface area contributed by atoms with Crippen molar-refractivity contribution in [3.8, 4) is 0 Å². The van der Waals surface area contributed by atoms with Crippen molar-refractivity contribution in [2.75, 3.05) is 13.2 Å². The molecule has 1 aliphatic heterocycles. The average Bonchev–Trinajstić information content (AvgIpc) is 2.40. The number of aliphatic hydroxyl groups excluding tert-OH is 1. The van der Waals surface area contributed by atoms with E-state index in [4.69, 9.17) is 5.11 Å². The summed E-state index contributed by atoms with van der Waals surface area (Å²) in [6, 6.07) is 9.99. The number of piperidine rings is 1.